The third-order valence-corrected chi connectivity index (χ3v) is 4.55. The molecule has 0 spiro atoms. The third kappa shape index (κ3) is 5.26. The van der Waals surface area contributed by atoms with Gasteiger partial charge in [-0.2, -0.15) is 0 Å². The topological polar surface area (TPSA) is 66.5 Å². The molecule has 148 valence electrons. The Kier molecular flexibility index (Phi) is 6.62. The van der Waals surface area contributed by atoms with Gasteiger partial charge < -0.3 is 5.32 Å². The first kappa shape index (κ1) is 22.6. The highest BCUT2D eigenvalue weighted by Gasteiger charge is 2.46. The molecule has 0 aromatic heterocycles. The predicted molar refractivity (Wildman–Crippen MR) is 105 cm³/mol. The molecule has 0 aromatic carbocycles. The van der Waals surface area contributed by atoms with E-state index in [2.05, 4.69) is 5.32 Å². The van der Waals surface area contributed by atoms with Gasteiger partial charge in [-0.15, -0.1) is 0 Å². The molecule has 1 aliphatic heterocycles. The molecular formula is C21H36N2O3. The highest BCUT2D eigenvalue weighted by Crippen LogP contribution is 2.42. The summed E-state index contributed by atoms with van der Waals surface area (Å²) in [4.78, 5) is 39.1. The van der Waals surface area contributed by atoms with Gasteiger partial charge in [0.1, 0.15) is 5.78 Å². The van der Waals surface area contributed by atoms with Crippen LogP contribution in [0.1, 0.15) is 68.7 Å². The number of Topliss-reactive ketones (excluding diaryl/α,β-unsaturated/α-hetero) is 1. The van der Waals surface area contributed by atoms with E-state index < -0.39 is 0 Å². The van der Waals surface area contributed by atoms with Gasteiger partial charge in [0, 0.05) is 42.6 Å². The zero-order valence-corrected chi connectivity index (χ0v) is 18.0. The van der Waals surface area contributed by atoms with Crippen molar-refractivity contribution in [2.24, 2.45) is 16.2 Å². The smallest absolute Gasteiger partial charge is 0.257 e. The van der Waals surface area contributed by atoms with Gasteiger partial charge >= 0.3 is 0 Å². The number of hydrogen-bond donors (Lipinski definition) is 1. The summed E-state index contributed by atoms with van der Waals surface area (Å²) >= 11 is 0. The van der Waals surface area contributed by atoms with Gasteiger partial charge in [0.05, 0.1) is 0 Å². The molecule has 1 rings (SSSR count). The Morgan fingerprint density at radius 1 is 0.808 bits per heavy atom. The molecule has 26 heavy (non-hydrogen) atoms. The minimum Gasteiger partial charge on any atom is -0.315 e. The Labute approximate surface area is 158 Å². The summed E-state index contributed by atoms with van der Waals surface area (Å²) in [7, 11) is 0. The molecule has 1 aliphatic rings. The summed E-state index contributed by atoms with van der Waals surface area (Å²) in [5.41, 5.74) is 0.152. The van der Waals surface area contributed by atoms with Crippen molar-refractivity contribution in [3.8, 4) is 0 Å². The molecule has 0 aromatic rings. The van der Waals surface area contributed by atoms with E-state index in [1.807, 2.05) is 62.3 Å². The standard InChI is InChI=1S/C21H36N2O3/c1-19(2,3)14(24)10-11-22-12-13-23-17(25)15(20(4,5)6)16(18(23)26)21(7,8)9/h22H,10-13H2,1-9H3. The molecule has 1 N–H and O–H groups in total. The van der Waals surface area contributed by atoms with Gasteiger partial charge in [0.25, 0.3) is 11.8 Å². The summed E-state index contributed by atoms with van der Waals surface area (Å²) in [5, 5.41) is 3.18. The number of carbonyl (C=O) groups is 3. The van der Waals surface area contributed by atoms with Crippen molar-refractivity contribution < 1.29 is 14.4 Å². The number of carbonyl (C=O) groups excluding carboxylic acids is 3. The fourth-order valence-corrected chi connectivity index (χ4v) is 3.06. The van der Waals surface area contributed by atoms with E-state index in [1.54, 1.807) is 0 Å². The van der Waals surface area contributed by atoms with Crippen LogP contribution in [0.15, 0.2) is 11.1 Å². The van der Waals surface area contributed by atoms with Crippen LogP contribution in [0, 0.1) is 16.2 Å². The molecule has 0 atom stereocenters. The van der Waals surface area contributed by atoms with E-state index in [4.69, 9.17) is 0 Å². The average Bonchev–Trinajstić information content (AvgIpc) is 2.69. The molecule has 0 fully saturated rings. The number of hydrogen-bond acceptors (Lipinski definition) is 4. The van der Waals surface area contributed by atoms with Crippen LogP contribution in [0.5, 0.6) is 0 Å². The lowest BCUT2D eigenvalue weighted by Gasteiger charge is -2.25. The molecule has 1 heterocycles. The Hall–Kier alpha value is -1.49. The van der Waals surface area contributed by atoms with Crippen LogP contribution < -0.4 is 5.32 Å². The van der Waals surface area contributed by atoms with Crippen LogP contribution in [0.4, 0.5) is 0 Å². The van der Waals surface area contributed by atoms with E-state index in [1.165, 1.54) is 4.90 Å². The van der Waals surface area contributed by atoms with Gasteiger partial charge in [-0.3, -0.25) is 19.3 Å². The van der Waals surface area contributed by atoms with Crippen molar-refractivity contribution in [3.05, 3.63) is 11.1 Å². The fraction of sp³-hybridized carbons (Fsp3) is 0.762. The maximum Gasteiger partial charge on any atom is 0.257 e. The minimum atomic E-state index is -0.378. The Balaban J connectivity index is 2.73. The van der Waals surface area contributed by atoms with Gasteiger partial charge in [0.2, 0.25) is 0 Å². The van der Waals surface area contributed by atoms with Crippen molar-refractivity contribution >= 4 is 17.6 Å². The largest absolute Gasteiger partial charge is 0.315 e. The zero-order chi connectivity index (χ0) is 20.5. The molecule has 0 aliphatic carbocycles. The second kappa shape index (κ2) is 7.63. The SMILES string of the molecule is CC(C)(C)C(=O)CCNCCN1C(=O)C(C(C)(C)C)=C(C(C)(C)C)C1=O. The van der Waals surface area contributed by atoms with Gasteiger partial charge in [-0.25, -0.2) is 0 Å². The molecule has 5 heteroatoms. The van der Waals surface area contributed by atoms with Gasteiger partial charge in [-0.1, -0.05) is 62.3 Å². The molecule has 0 radical (unpaired) electrons. The van der Waals surface area contributed by atoms with Crippen molar-refractivity contribution in [2.45, 2.75) is 68.7 Å². The Morgan fingerprint density at radius 3 is 1.58 bits per heavy atom. The van der Waals surface area contributed by atoms with Gasteiger partial charge in [-0.05, 0) is 10.8 Å². The predicted octanol–water partition coefficient (Wildman–Crippen LogP) is 3.34. The second-order valence-electron chi connectivity index (χ2n) is 10.2. The summed E-state index contributed by atoms with van der Waals surface area (Å²) < 4.78 is 0. The summed E-state index contributed by atoms with van der Waals surface area (Å²) in [6, 6.07) is 0. The molecule has 0 unspecified atom stereocenters. The third-order valence-electron chi connectivity index (χ3n) is 4.55. The van der Waals surface area contributed by atoms with E-state index in [9.17, 15) is 14.4 Å². The zero-order valence-electron chi connectivity index (χ0n) is 18.0. The summed E-state index contributed by atoms with van der Waals surface area (Å²) in [5.74, 6) is -0.162. The number of imide groups is 1. The lowest BCUT2D eigenvalue weighted by Crippen LogP contribution is -2.39. The van der Waals surface area contributed by atoms with Crippen LogP contribution in [0.3, 0.4) is 0 Å². The number of ketones is 1. The Bertz CT molecular complexity index is 575. The first-order chi connectivity index (χ1) is 11.6. The van der Waals surface area contributed by atoms with Crippen LogP contribution in [0.2, 0.25) is 0 Å². The van der Waals surface area contributed by atoms with Crippen molar-refractivity contribution in [1.29, 1.82) is 0 Å². The Morgan fingerprint density at radius 2 is 1.23 bits per heavy atom. The monoisotopic (exact) mass is 364 g/mol. The highest BCUT2D eigenvalue weighted by atomic mass is 16.2. The fourth-order valence-electron chi connectivity index (χ4n) is 3.06. The van der Waals surface area contributed by atoms with Crippen molar-refractivity contribution in [3.63, 3.8) is 0 Å². The maximum absolute atomic E-state index is 12.9. The first-order valence-electron chi connectivity index (χ1n) is 9.44. The van der Waals surface area contributed by atoms with E-state index >= 15 is 0 Å². The van der Waals surface area contributed by atoms with E-state index in [0.29, 0.717) is 37.2 Å². The van der Waals surface area contributed by atoms with Crippen molar-refractivity contribution in [1.82, 2.24) is 10.2 Å². The van der Waals surface area contributed by atoms with Crippen molar-refractivity contribution in [2.75, 3.05) is 19.6 Å². The number of nitrogens with one attached hydrogen (secondary N) is 1. The first-order valence-corrected chi connectivity index (χ1v) is 9.44. The summed E-state index contributed by atoms with van der Waals surface area (Å²) in [6.07, 6.45) is 0.449. The summed E-state index contributed by atoms with van der Waals surface area (Å²) in [6.45, 7) is 18.9. The highest BCUT2D eigenvalue weighted by molar-refractivity contribution is 6.20. The second-order valence-corrected chi connectivity index (χ2v) is 10.2. The maximum atomic E-state index is 12.9. The number of nitrogens with zero attached hydrogens (tertiary/aromatic N) is 1. The number of rotatable bonds is 6. The molecule has 0 saturated heterocycles. The molecular weight excluding hydrogens is 328 g/mol. The molecule has 2 amide bonds. The van der Waals surface area contributed by atoms with Crippen LogP contribution in [-0.4, -0.2) is 42.1 Å². The normalized spacial score (nSPS) is 16.7. The van der Waals surface area contributed by atoms with E-state index in [-0.39, 0.29) is 33.8 Å². The van der Waals surface area contributed by atoms with Crippen LogP contribution >= 0.6 is 0 Å². The lowest BCUT2D eigenvalue weighted by molar-refractivity contribution is -0.138. The minimum absolute atomic E-state index is 0.181. The molecule has 5 nitrogen and oxygen atoms in total. The van der Waals surface area contributed by atoms with E-state index in [0.717, 1.165) is 0 Å². The van der Waals surface area contributed by atoms with Crippen LogP contribution in [-0.2, 0) is 14.4 Å². The molecule has 0 bridgehead atoms. The number of amides is 2. The lowest BCUT2D eigenvalue weighted by atomic mass is 9.76. The van der Waals surface area contributed by atoms with Gasteiger partial charge in [0.15, 0.2) is 0 Å². The van der Waals surface area contributed by atoms with Crippen LogP contribution in [0.25, 0.3) is 0 Å². The molecule has 0 saturated carbocycles. The average molecular weight is 365 g/mol. The quantitative estimate of drug-likeness (QED) is 0.580.